The molecule has 0 radical (unpaired) electrons. The maximum Gasteiger partial charge on any atom is 0.243 e. The predicted octanol–water partition coefficient (Wildman–Crippen LogP) is 6.56. The second-order valence-corrected chi connectivity index (χ2v) is 9.55. The summed E-state index contributed by atoms with van der Waals surface area (Å²) in [6, 6.07) is 28.1. The molecule has 1 aromatic heterocycles. The zero-order chi connectivity index (χ0) is 24.4. The molecule has 3 N–H and O–H groups in total. The SMILES string of the molecule is CC(C)(C)c1ccccc1Oc1ncccc1N1c2c(NCc3ccccc3)cccc2OC1N. The van der Waals surface area contributed by atoms with Gasteiger partial charge in [-0.25, -0.2) is 4.98 Å². The molecule has 4 aromatic rings. The Hall–Kier alpha value is -4.03. The number of nitrogens with zero attached hydrogens (tertiary/aromatic N) is 2. The largest absolute Gasteiger partial charge is 0.455 e. The molecule has 5 rings (SSSR count). The molecule has 3 aromatic carbocycles. The molecule has 0 saturated carbocycles. The van der Waals surface area contributed by atoms with Crippen LogP contribution in [0.3, 0.4) is 0 Å². The highest BCUT2D eigenvalue weighted by Gasteiger charge is 2.34. The quantitative estimate of drug-likeness (QED) is 0.335. The van der Waals surface area contributed by atoms with E-state index in [1.54, 1.807) is 6.20 Å². The highest BCUT2D eigenvalue weighted by atomic mass is 16.5. The lowest BCUT2D eigenvalue weighted by molar-refractivity contribution is 0.242. The number of nitrogens with one attached hydrogen (secondary N) is 1. The van der Waals surface area contributed by atoms with Crippen molar-refractivity contribution in [2.45, 2.75) is 39.1 Å². The van der Waals surface area contributed by atoms with Gasteiger partial charge in [-0.1, -0.05) is 75.4 Å². The molecule has 1 aliphatic rings. The molecule has 178 valence electrons. The molecule has 0 fully saturated rings. The maximum absolute atomic E-state index is 6.49. The third-order valence-corrected chi connectivity index (χ3v) is 5.98. The fourth-order valence-electron chi connectivity index (χ4n) is 4.29. The second-order valence-electron chi connectivity index (χ2n) is 9.55. The standard InChI is InChI=1S/C29H30N4O2/c1-29(2,3)21-13-7-8-16-24(21)34-27-23(15-10-18-31-27)33-26-22(14-9-17-25(26)35-28(33)30)32-19-20-11-5-4-6-12-20/h4-18,28,32H,19,30H2,1-3H3. The molecule has 1 atom stereocenters. The molecule has 6 heteroatoms. The number of pyridine rings is 1. The molecule has 1 aliphatic heterocycles. The second kappa shape index (κ2) is 9.31. The van der Waals surface area contributed by atoms with E-state index in [0.29, 0.717) is 18.2 Å². The average Bonchev–Trinajstić information content (AvgIpc) is 3.19. The number of hydrogen-bond donors (Lipinski definition) is 2. The number of benzene rings is 3. The van der Waals surface area contributed by atoms with Crippen molar-refractivity contribution in [2.75, 3.05) is 10.2 Å². The van der Waals surface area contributed by atoms with Crippen LogP contribution in [0.5, 0.6) is 17.4 Å². The van der Waals surface area contributed by atoms with Crippen LogP contribution in [-0.2, 0) is 12.0 Å². The third-order valence-electron chi connectivity index (χ3n) is 5.98. The van der Waals surface area contributed by atoms with E-state index in [1.807, 2.05) is 71.6 Å². The Labute approximate surface area is 206 Å². The van der Waals surface area contributed by atoms with Gasteiger partial charge in [-0.05, 0) is 41.3 Å². The number of fused-ring (bicyclic) bond motifs is 1. The molecule has 0 saturated heterocycles. The van der Waals surface area contributed by atoms with Crippen molar-refractivity contribution in [1.29, 1.82) is 0 Å². The summed E-state index contributed by atoms with van der Waals surface area (Å²) in [6.07, 6.45) is 1.01. The van der Waals surface area contributed by atoms with E-state index < -0.39 is 6.35 Å². The topological polar surface area (TPSA) is 72.6 Å². The van der Waals surface area contributed by atoms with Gasteiger partial charge in [0, 0.05) is 18.3 Å². The van der Waals surface area contributed by atoms with Crippen LogP contribution in [0, 0.1) is 0 Å². The van der Waals surface area contributed by atoms with Crippen molar-refractivity contribution < 1.29 is 9.47 Å². The van der Waals surface area contributed by atoms with Gasteiger partial charge in [0.2, 0.25) is 12.2 Å². The van der Waals surface area contributed by atoms with Crippen molar-refractivity contribution in [2.24, 2.45) is 5.73 Å². The van der Waals surface area contributed by atoms with Crippen molar-refractivity contribution >= 4 is 17.1 Å². The van der Waals surface area contributed by atoms with Crippen molar-refractivity contribution in [3.05, 3.63) is 102 Å². The fraction of sp³-hybridized carbons (Fsp3) is 0.207. The van der Waals surface area contributed by atoms with Gasteiger partial charge in [-0.15, -0.1) is 0 Å². The normalized spacial score (nSPS) is 14.9. The molecular formula is C29H30N4O2. The molecule has 0 bridgehead atoms. The van der Waals surface area contributed by atoms with Gasteiger partial charge in [0.05, 0.1) is 5.69 Å². The number of para-hydroxylation sites is 2. The van der Waals surface area contributed by atoms with E-state index in [-0.39, 0.29) is 5.41 Å². The van der Waals surface area contributed by atoms with E-state index >= 15 is 0 Å². The van der Waals surface area contributed by atoms with Crippen LogP contribution < -0.4 is 25.4 Å². The molecule has 1 unspecified atom stereocenters. The Morgan fingerprint density at radius 2 is 1.71 bits per heavy atom. The van der Waals surface area contributed by atoms with Gasteiger partial charge in [0.1, 0.15) is 22.9 Å². The van der Waals surface area contributed by atoms with Gasteiger partial charge in [-0.3, -0.25) is 10.6 Å². The average molecular weight is 467 g/mol. The Morgan fingerprint density at radius 3 is 2.51 bits per heavy atom. The predicted molar refractivity (Wildman–Crippen MR) is 140 cm³/mol. The van der Waals surface area contributed by atoms with Crippen molar-refractivity contribution in [1.82, 2.24) is 4.98 Å². The first kappa shape index (κ1) is 22.7. The first-order valence-electron chi connectivity index (χ1n) is 11.8. The van der Waals surface area contributed by atoms with E-state index in [9.17, 15) is 0 Å². The molecule has 0 amide bonds. The van der Waals surface area contributed by atoms with Crippen LogP contribution >= 0.6 is 0 Å². The summed E-state index contributed by atoms with van der Waals surface area (Å²) in [5.74, 6) is 1.94. The Bertz CT molecular complexity index is 1320. The lowest BCUT2D eigenvalue weighted by Gasteiger charge is -2.26. The Balaban J connectivity index is 1.52. The van der Waals surface area contributed by atoms with Crippen LogP contribution in [0.4, 0.5) is 17.1 Å². The monoisotopic (exact) mass is 466 g/mol. The number of rotatable bonds is 6. The number of aromatic nitrogens is 1. The smallest absolute Gasteiger partial charge is 0.243 e. The lowest BCUT2D eigenvalue weighted by Crippen LogP contribution is -2.39. The number of nitrogens with two attached hydrogens (primary N) is 1. The first-order chi connectivity index (χ1) is 16.9. The number of ether oxygens (including phenoxy) is 2. The van der Waals surface area contributed by atoms with Gasteiger partial charge in [-0.2, -0.15) is 0 Å². The van der Waals surface area contributed by atoms with Crippen LogP contribution in [-0.4, -0.2) is 11.3 Å². The minimum absolute atomic E-state index is 0.0835. The van der Waals surface area contributed by atoms with Gasteiger partial charge in [0.15, 0.2) is 0 Å². The summed E-state index contributed by atoms with van der Waals surface area (Å²) in [4.78, 5) is 6.51. The van der Waals surface area contributed by atoms with Crippen LogP contribution in [0.25, 0.3) is 0 Å². The molecule has 6 nitrogen and oxygen atoms in total. The summed E-state index contributed by atoms with van der Waals surface area (Å²) in [5, 5.41) is 3.54. The highest BCUT2D eigenvalue weighted by Crippen LogP contribution is 2.48. The lowest BCUT2D eigenvalue weighted by atomic mass is 9.86. The van der Waals surface area contributed by atoms with E-state index in [0.717, 1.165) is 28.4 Å². The number of anilines is 3. The summed E-state index contributed by atoms with van der Waals surface area (Å²) in [5.41, 5.74) is 11.2. The molecule has 0 spiro atoms. The molecule has 35 heavy (non-hydrogen) atoms. The first-order valence-corrected chi connectivity index (χ1v) is 11.8. The van der Waals surface area contributed by atoms with Gasteiger partial charge < -0.3 is 14.8 Å². The Morgan fingerprint density at radius 1 is 0.943 bits per heavy atom. The molecular weight excluding hydrogens is 436 g/mol. The van der Waals surface area contributed by atoms with E-state index in [2.05, 4.69) is 49.3 Å². The molecule has 0 aliphatic carbocycles. The highest BCUT2D eigenvalue weighted by molar-refractivity contribution is 5.85. The summed E-state index contributed by atoms with van der Waals surface area (Å²) in [6.45, 7) is 7.18. The minimum atomic E-state index is -0.714. The Kier molecular flexibility index (Phi) is 6.05. The minimum Gasteiger partial charge on any atom is -0.455 e. The van der Waals surface area contributed by atoms with Crippen molar-refractivity contribution in [3.8, 4) is 17.4 Å². The van der Waals surface area contributed by atoms with Crippen LogP contribution in [0.15, 0.2) is 91.1 Å². The summed E-state index contributed by atoms with van der Waals surface area (Å²) < 4.78 is 12.5. The van der Waals surface area contributed by atoms with E-state index in [4.69, 9.17) is 15.2 Å². The van der Waals surface area contributed by atoms with Crippen LogP contribution in [0.1, 0.15) is 31.9 Å². The van der Waals surface area contributed by atoms with Crippen molar-refractivity contribution in [3.63, 3.8) is 0 Å². The third kappa shape index (κ3) is 4.66. The fourth-order valence-corrected chi connectivity index (χ4v) is 4.29. The molecule has 2 heterocycles. The zero-order valence-corrected chi connectivity index (χ0v) is 20.2. The van der Waals surface area contributed by atoms with Gasteiger partial charge in [0.25, 0.3) is 0 Å². The zero-order valence-electron chi connectivity index (χ0n) is 20.2. The van der Waals surface area contributed by atoms with E-state index in [1.165, 1.54) is 5.56 Å². The van der Waals surface area contributed by atoms with Crippen LogP contribution in [0.2, 0.25) is 0 Å². The number of hydrogen-bond acceptors (Lipinski definition) is 6. The summed E-state index contributed by atoms with van der Waals surface area (Å²) in [7, 11) is 0. The van der Waals surface area contributed by atoms with Gasteiger partial charge >= 0.3 is 0 Å². The summed E-state index contributed by atoms with van der Waals surface area (Å²) >= 11 is 0. The maximum atomic E-state index is 6.49.